The molecule has 1 N–H and O–H groups in total. The number of rotatable bonds is 1. The lowest BCUT2D eigenvalue weighted by Crippen LogP contribution is -2.61. The van der Waals surface area contributed by atoms with Crippen molar-refractivity contribution in [1.82, 2.24) is 0 Å². The Morgan fingerprint density at radius 1 is 0.875 bits per heavy atom. The van der Waals surface area contributed by atoms with Crippen LogP contribution < -0.4 is 0 Å². The van der Waals surface area contributed by atoms with Crippen molar-refractivity contribution >= 4 is 5.78 Å². The van der Waals surface area contributed by atoms with Gasteiger partial charge in [0.2, 0.25) is 0 Å². The summed E-state index contributed by atoms with van der Waals surface area (Å²) in [6.45, 7) is 19.4. The molecule has 5 aliphatic rings. The highest BCUT2D eigenvalue weighted by molar-refractivity contribution is 5.99. The lowest BCUT2D eigenvalue weighted by molar-refractivity contribution is -0.145. The molecule has 8 unspecified atom stereocenters. The van der Waals surface area contributed by atoms with Gasteiger partial charge in [0.25, 0.3) is 0 Å². The fourth-order valence-corrected chi connectivity index (χ4v) is 10.9. The number of aliphatic hydroxyl groups is 1. The van der Waals surface area contributed by atoms with Crippen molar-refractivity contribution in [2.75, 3.05) is 0 Å². The van der Waals surface area contributed by atoms with E-state index < -0.39 is 0 Å². The number of fused-ring (bicyclic) bond motifs is 6. The number of carbonyl (C=O) groups excluding carboxylic acids is 1. The van der Waals surface area contributed by atoms with Crippen LogP contribution in [-0.4, -0.2) is 17.0 Å². The molecule has 180 valence electrons. The summed E-state index contributed by atoms with van der Waals surface area (Å²) in [6, 6.07) is 0. The maximum absolute atomic E-state index is 14.0. The molecule has 5 rings (SSSR count). The van der Waals surface area contributed by atoms with Crippen molar-refractivity contribution in [3.05, 3.63) is 11.1 Å². The van der Waals surface area contributed by atoms with Crippen molar-refractivity contribution in [2.24, 2.45) is 50.7 Å². The van der Waals surface area contributed by atoms with Crippen LogP contribution in [0.15, 0.2) is 11.1 Å². The van der Waals surface area contributed by atoms with Crippen LogP contribution in [0.4, 0.5) is 0 Å². The Morgan fingerprint density at radius 3 is 2.22 bits per heavy atom. The Bertz CT molecular complexity index is 866. The zero-order valence-corrected chi connectivity index (χ0v) is 22.1. The number of aliphatic hydroxyl groups excluding tert-OH is 1. The molecule has 0 bridgehead atoms. The van der Waals surface area contributed by atoms with E-state index in [1.165, 1.54) is 43.3 Å². The molecule has 0 spiro atoms. The van der Waals surface area contributed by atoms with Crippen molar-refractivity contribution in [3.63, 3.8) is 0 Å². The van der Waals surface area contributed by atoms with Crippen molar-refractivity contribution in [2.45, 2.75) is 119 Å². The highest BCUT2D eigenvalue weighted by Gasteiger charge is 2.68. The molecule has 0 aromatic rings. The standard InChI is InChI=1S/C30H48O2/c1-18(2)19-9-10-22-28(19,6)15-16-30(8)25-20(11-14-29(22,30)7)27(5)13-12-24(32)26(3,4)23(27)17-21(25)31/h18-19,22-24,32H,9-17H2,1-8H3. The van der Waals surface area contributed by atoms with Crippen LogP contribution >= 0.6 is 0 Å². The van der Waals surface area contributed by atoms with Crippen LogP contribution in [0.5, 0.6) is 0 Å². The number of hydrogen-bond acceptors (Lipinski definition) is 2. The number of ketones is 1. The first kappa shape index (κ1) is 23.1. The highest BCUT2D eigenvalue weighted by atomic mass is 16.3. The minimum atomic E-state index is -0.290. The van der Waals surface area contributed by atoms with E-state index in [2.05, 4.69) is 55.4 Å². The first-order valence-electron chi connectivity index (χ1n) is 13.7. The van der Waals surface area contributed by atoms with Gasteiger partial charge < -0.3 is 5.11 Å². The molecule has 8 atom stereocenters. The summed E-state index contributed by atoms with van der Waals surface area (Å²) < 4.78 is 0. The minimum Gasteiger partial charge on any atom is -0.393 e. The van der Waals surface area contributed by atoms with E-state index in [1.54, 1.807) is 0 Å². The summed E-state index contributed by atoms with van der Waals surface area (Å²) in [5.41, 5.74) is 3.35. The molecule has 3 saturated carbocycles. The zero-order valence-electron chi connectivity index (χ0n) is 22.1. The molecule has 0 aromatic carbocycles. The van der Waals surface area contributed by atoms with Gasteiger partial charge >= 0.3 is 0 Å². The molecule has 0 aliphatic heterocycles. The molecule has 0 radical (unpaired) electrons. The van der Waals surface area contributed by atoms with Crippen molar-refractivity contribution < 1.29 is 9.90 Å². The summed E-state index contributed by atoms with van der Waals surface area (Å²) in [7, 11) is 0. The van der Waals surface area contributed by atoms with Crippen LogP contribution in [0.2, 0.25) is 0 Å². The van der Waals surface area contributed by atoms with Crippen molar-refractivity contribution in [1.29, 1.82) is 0 Å². The van der Waals surface area contributed by atoms with Crippen LogP contribution in [0.1, 0.15) is 113 Å². The highest BCUT2D eigenvalue weighted by Crippen LogP contribution is 2.75. The van der Waals surface area contributed by atoms with E-state index in [1.807, 2.05) is 0 Å². The quantitative estimate of drug-likeness (QED) is 0.463. The second-order valence-corrected chi connectivity index (χ2v) is 14.6. The average molecular weight is 441 g/mol. The van der Waals surface area contributed by atoms with E-state index in [4.69, 9.17) is 0 Å². The molecule has 0 aromatic heterocycles. The zero-order chi connectivity index (χ0) is 23.5. The molecule has 0 heterocycles. The Labute approximate surface area is 197 Å². The fourth-order valence-electron chi connectivity index (χ4n) is 10.9. The first-order chi connectivity index (χ1) is 14.7. The second kappa shape index (κ2) is 6.73. The van der Waals surface area contributed by atoms with Gasteiger partial charge in [0.1, 0.15) is 0 Å². The monoisotopic (exact) mass is 440 g/mol. The van der Waals surface area contributed by atoms with Gasteiger partial charge in [-0.2, -0.15) is 0 Å². The number of allylic oxidation sites excluding steroid dienone is 2. The lowest BCUT2D eigenvalue weighted by Gasteiger charge is -2.66. The summed E-state index contributed by atoms with van der Waals surface area (Å²) in [6.07, 6.45) is 9.78. The number of carbonyl (C=O) groups is 1. The Morgan fingerprint density at radius 2 is 1.56 bits per heavy atom. The van der Waals surface area contributed by atoms with Gasteiger partial charge in [-0.15, -0.1) is 0 Å². The van der Waals surface area contributed by atoms with Gasteiger partial charge in [0.15, 0.2) is 5.78 Å². The molecule has 2 nitrogen and oxygen atoms in total. The first-order valence-corrected chi connectivity index (χ1v) is 13.7. The van der Waals surface area contributed by atoms with Crippen molar-refractivity contribution in [3.8, 4) is 0 Å². The molecule has 32 heavy (non-hydrogen) atoms. The van der Waals surface area contributed by atoms with Crippen LogP contribution in [0.25, 0.3) is 0 Å². The summed E-state index contributed by atoms with van der Waals surface area (Å²) >= 11 is 0. The normalized spacial score (nSPS) is 52.4. The summed E-state index contributed by atoms with van der Waals surface area (Å²) in [5, 5.41) is 10.8. The van der Waals surface area contributed by atoms with Gasteiger partial charge in [-0.05, 0) is 96.7 Å². The summed E-state index contributed by atoms with van der Waals surface area (Å²) in [5.74, 6) is 3.01. The molecular formula is C30H48O2. The third-order valence-corrected chi connectivity index (χ3v) is 13.0. The Hall–Kier alpha value is -0.630. The van der Waals surface area contributed by atoms with Gasteiger partial charge in [0, 0.05) is 17.4 Å². The molecule has 0 amide bonds. The molecule has 3 fully saturated rings. The largest absolute Gasteiger partial charge is 0.393 e. The minimum absolute atomic E-state index is 0.0158. The predicted molar refractivity (Wildman–Crippen MR) is 131 cm³/mol. The van der Waals surface area contributed by atoms with Gasteiger partial charge in [-0.1, -0.05) is 61.0 Å². The maximum Gasteiger partial charge on any atom is 0.159 e. The van der Waals surface area contributed by atoms with E-state index in [9.17, 15) is 9.90 Å². The third kappa shape index (κ3) is 2.55. The van der Waals surface area contributed by atoms with Gasteiger partial charge in [-0.25, -0.2) is 0 Å². The Kier molecular flexibility index (Phi) is 4.87. The Balaban J connectivity index is 1.62. The van der Waals surface area contributed by atoms with Crippen LogP contribution in [0.3, 0.4) is 0 Å². The lowest BCUT2D eigenvalue weighted by atomic mass is 9.37. The molecule has 2 heteroatoms. The topological polar surface area (TPSA) is 37.3 Å². The second-order valence-electron chi connectivity index (χ2n) is 14.6. The van der Waals surface area contributed by atoms with E-state index in [0.717, 1.165) is 37.0 Å². The van der Waals surface area contributed by atoms with E-state index in [0.29, 0.717) is 17.6 Å². The molecular weight excluding hydrogens is 392 g/mol. The molecule has 0 saturated heterocycles. The van der Waals surface area contributed by atoms with Gasteiger partial charge in [0.05, 0.1) is 6.10 Å². The summed E-state index contributed by atoms with van der Waals surface area (Å²) in [4.78, 5) is 14.0. The number of Topliss-reactive ketones (excluding diaryl/α,β-unsaturated/α-hetero) is 1. The van der Waals surface area contributed by atoms with E-state index in [-0.39, 0.29) is 33.7 Å². The smallest absolute Gasteiger partial charge is 0.159 e. The number of hydrogen-bond donors (Lipinski definition) is 1. The van der Waals surface area contributed by atoms with Gasteiger partial charge in [-0.3, -0.25) is 4.79 Å². The van der Waals surface area contributed by atoms with Crippen LogP contribution in [0, 0.1) is 50.7 Å². The van der Waals surface area contributed by atoms with Crippen LogP contribution in [-0.2, 0) is 4.79 Å². The average Bonchev–Trinajstić information content (AvgIpc) is 3.07. The predicted octanol–water partition coefficient (Wildman–Crippen LogP) is 7.35. The molecule has 5 aliphatic carbocycles. The third-order valence-electron chi connectivity index (χ3n) is 13.0. The van der Waals surface area contributed by atoms with E-state index >= 15 is 0 Å². The maximum atomic E-state index is 14.0. The fraction of sp³-hybridized carbons (Fsp3) is 0.900. The SMILES string of the molecule is CC(C)C1CCC2C1(C)CCC1(C)C3=C(CCC21C)C1(C)CCC(O)C(C)(C)C1CC3=O.